The fourth-order valence-electron chi connectivity index (χ4n) is 1.81. The number of anilines is 1. The molecule has 1 aromatic carbocycles. The van der Waals surface area contributed by atoms with Gasteiger partial charge in [-0.25, -0.2) is 9.50 Å². The number of benzene rings is 1. The Labute approximate surface area is 139 Å². The Hall–Kier alpha value is -1.93. The van der Waals surface area contributed by atoms with Gasteiger partial charge in [0.05, 0.1) is 11.4 Å². The molecular weight excluding hydrogens is 366 g/mol. The number of aromatic nitrogens is 4. The second-order valence-corrected chi connectivity index (χ2v) is 6.38. The minimum Gasteiger partial charge on any atom is -0.324 e. The van der Waals surface area contributed by atoms with Crippen LogP contribution in [0.1, 0.15) is 5.56 Å². The number of thioether (sulfide) groups is 1. The molecule has 8 heteroatoms. The molecule has 2 aromatic heterocycles. The first-order valence-electron chi connectivity index (χ1n) is 6.48. The molecule has 0 radical (unpaired) electrons. The summed E-state index contributed by atoms with van der Waals surface area (Å²) >= 11 is 4.71. The van der Waals surface area contributed by atoms with E-state index in [1.807, 2.05) is 25.1 Å². The van der Waals surface area contributed by atoms with Crippen LogP contribution in [-0.4, -0.2) is 31.2 Å². The van der Waals surface area contributed by atoms with E-state index in [9.17, 15) is 4.79 Å². The van der Waals surface area contributed by atoms with Crippen molar-refractivity contribution in [2.75, 3.05) is 11.1 Å². The Balaban J connectivity index is 1.62. The van der Waals surface area contributed by atoms with Gasteiger partial charge in [-0.15, -0.1) is 5.10 Å². The zero-order chi connectivity index (χ0) is 15.5. The van der Waals surface area contributed by atoms with Crippen LogP contribution in [0, 0.1) is 6.92 Å². The third kappa shape index (κ3) is 3.45. The summed E-state index contributed by atoms with van der Waals surface area (Å²) in [6.45, 7) is 2.00. The van der Waals surface area contributed by atoms with E-state index in [0.29, 0.717) is 10.9 Å². The number of hydrogen-bond acceptors (Lipinski definition) is 5. The maximum atomic E-state index is 12.0. The lowest BCUT2D eigenvalue weighted by molar-refractivity contribution is -0.113. The number of nitrogens with zero attached hydrogens (tertiary/aromatic N) is 4. The number of rotatable bonds is 4. The molecule has 0 aliphatic carbocycles. The molecule has 3 aromatic rings. The number of fused-ring (bicyclic) bond motifs is 1. The van der Waals surface area contributed by atoms with Crippen molar-refractivity contribution >= 4 is 45.1 Å². The van der Waals surface area contributed by atoms with E-state index in [1.54, 1.807) is 23.0 Å². The first-order chi connectivity index (χ1) is 10.6. The molecule has 1 amide bonds. The SMILES string of the molecule is Cc1ccc(NC(=O)CSc2nc3ncccn3n2)c(Br)c1. The average molecular weight is 378 g/mol. The Morgan fingerprint density at radius 1 is 1.45 bits per heavy atom. The van der Waals surface area contributed by atoms with E-state index in [4.69, 9.17) is 0 Å². The minimum absolute atomic E-state index is 0.110. The standard InChI is InChI=1S/C14H12BrN5OS/c1-9-3-4-11(10(15)7-9)17-12(21)8-22-14-18-13-16-5-2-6-20(13)19-14/h2-7H,8H2,1H3,(H,17,21). The molecule has 0 unspecified atom stereocenters. The van der Waals surface area contributed by atoms with Gasteiger partial charge in [-0.05, 0) is 46.6 Å². The Morgan fingerprint density at radius 3 is 3.09 bits per heavy atom. The van der Waals surface area contributed by atoms with Gasteiger partial charge in [-0.1, -0.05) is 17.8 Å². The molecule has 0 fully saturated rings. The monoisotopic (exact) mass is 377 g/mol. The van der Waals surface area contributed by atoms with E-state index in [0.717, 1.165) is 15.7 Å². The Morgan fingerprint density at radius 2 is 2.32 bits per heavy atom. The summed E-state index contributed by atoms with van der Waals surface area (Å²) in [5, 5.41) is 7.62. The highest BCUT2D eigenvalue weighted by Gasteiger charge is 2.10. The predicted molar refractivity (Wildman–Crippen MR) is 89.0 cm³/mol. The predicted octanol–water partition coefficient (Wildman–Crippen LogP) is 2.93. The van der Waals surface area contributed by atoms with Gasteiger partial charge in [0.1, 0.15) is 0 Å². The van der Waals surface area contributed by atoms with Crippen LogP contribution >= 0.6 is 27.7 Å². The number of hydrogen-bond donors (Lipinski definition) is 1. The molecule has 3 rings (SSSR count). The first kappa shape index (κ1) is 15.0. The summed E-state index contributed by atoms with van der Waals surface area (Å²) < 4.78 is 2.44. The molecule has 0 aliphatic heterocycles. The van der Waals surface area contributed by atoms with Crippen molar-refractivity contribution in [1.82, 2.24) is 19.6 Å². The zero-order valence-electron chi connectivity index (χ0n) is 11.7. The molecular formula is C14H12BrN5OS. The van der Waals surface area contributed by atoms with Crippen molar-refractivity contribution in [3.8, 4) is 0 Å². The molecule has 112 valence electrons. The molecule has 0 spiro atoms. The van der Waals surface area contributed by atoms with Crippen molar-refractivity contribution < 1.29 is 4.79 Å². The van der Waals surface area contributed by atoms with Gasteiger partial charge in [0.15, 0.2) is 0 Å². The van der Waals surface area contributed by atoms with Gasteiger partial charge >= 0.3 is 0 Å². The lowest BCUT2D eigenvalue weighted by Crippen LogP contribution is -2.14. The van der Waals surface area contributed by atoms with Crippen molar-refractivity contribution in [3.63, 3.8) is 0 Å². The Bertz CT molecular complexity index is 802. The van der Waals surface area contributed by atoms with Crippen LogP contribution in [0.5, 0.6) is 0 Å². The van der Waals surface area contributed by atoms with Crippen molar-refractivity contribution in [2.24, 2.45) is 0 Å². The maximum absolute atomic E-state index is 12.0. The number of amides is 1. The molecule has 2 heterocycles. The highest BCUT2D eigenvalue weighted by molar-refractivity contribution is 9.10. The molecule has 1 N–H and O–H groups in total. The van der Waals surface area contributed by atoms with E-state index in [1.165, 1.54) is 11.8 Å². The zero-order valence-corrected chi connectivity index (χ0v) is 14.1. The van der Waals surface area contributed by atoms with Crippen LogP contribution < -0.4 is 5.32 Å². The second-order valence-electron chi connectivity index (χ2n) is 4.58. The van der Waals surface area contributed by atoms with Crippen molar-refractivity contribution in [1.29, 1.82) is 0 Å². The largest absolute Gasteiger partial charge is 0.324 e. The highest BCUT2D eigenvalue weighted by atomic mass is 79.9. The van der Waals surface area contributed by atoms with Gasteiger partial charge in [-0.3, -0.25) is 4.79 Å². The molecule has 0 aliphatic rings. The van der Waals surface area contributed by atoms with Crippen LogP contribution in [0.25, 0.3) is 5.78 Å². The minimum atomic E-state index is -0.110. The second kappa shape index (κ2) is 6.45. The van der Waals surface area contributed by atoms with Gasteiger partial charge in [0.2, 0.25) is 11.1 Å². The smallest absolute Gasteiger partial charge is 0.253 e. The lowest BCUT2D eigenvalue weighted by Gasteiger charge is -2.07. The average Bonchev–Trinajstić information content (AvgIpc) is 2.91. The van der Waals surface area contributed by atoms with E-state index >= 15 is 0 Å². The summed E-state index contributed by atoms with van der Waals surface area (Å²) in [6, 6.07) is 7.55. The van der Waals surface area contributed by atoms with Crippen LogP contribution in [0.4, 0.5) is 5.69 Å². The van der Waals surface area contributed by atoms with Crippen LogP contribution in [-0.2, 0) is 4.79 Å². The van der Waals surface area contributed by atoms with Gasteiger partial charge in [-0.2, -0.15) is 4.98 Å². The lowest BCUT2D eigenvalue weighted by atomic mass is 10.2. The molecule has 0 saturated heterocycles. The van der Waals surface area contributed by atoms with Gasteiger partial charge < -0.3 is 5.32 Å². The third-order valence-corrected chi connectivity index (χ3v) is 4.32. The van der Waals surface area contributed by atoms with Crippen LogP contribution in [0.15, 0.2) is 46.3 Å². The number of carbonyl (C=O) groups is 1. The van der Waals surface area contributed by atoms with E-state index < -0.39 is 0 Å². The molecule has 0 bridgehead atoms. The van der Waals surface area contributed by atoms with Gasteiger partial charge in [0, 0.05) is 16.9 Å². The highest BCUT2D eigenvalue weighted by Crippen LogP contribution is 2.24. The summed E-state index contributed by atoms with van der Waals surface area (Å²) in [6.07, 6.45) is 3.42. The molecule has 22 heavy (non-hydrogen) atoms. The van der Waals surface area contributed by atoms with E-state index in [-0.39, 0.29) is 11.7 Å². The quantitative estimate of drug-likeness (QED) is 0.707. The molecule has 0 atom stereocenters. The third-order valence-electron chi connectivity index (χ3n) is 2.83. The van der Waals surface area contributed by atoms with Crippen molar-refractivity contribution in [2.45, 2.75) is 12.1 Å². The maximum Gasteiger partial charge on any atom is 0.253 e. The van der Waals surface area contributed by atoms with Crippen molar-refractivity contribution in [3.05, 3.63) is 46.7 Å². The fourth-order valence-corrected chi connectivity index (χ4v) is 3.03. The van der Waals surface area contributed by atoms with Crippen LogP contribution in [0.3, 0.4) is 0 Å². The van der Waals surface area contributed by atoms with E-state index in [2.05, 4.69) is 36.3 Å². The Kier molecular flexibility index (Phi) is 4.39. The normalized spacial score (nSPS) is 10.8. The summed E-state index contributed by atoms with van der Waals surface area (Å²) in [5.41, 5.74) is 1.88. The fraction of sp³-hybridized carbons (Fsp3) is 0.143. The number of nitrogens with one attached hydrogen (secondary N) is 1. The first-order valence-corrected chi connectivity index (χ1v) is 8.26. The number of halogens is 1. The topological polar surface area (TPSA) is 72.2 Å². The van der Waals surface area contributed by atoms with Gasteiger partial charge in [0.25, 0.3) is 5.78 Å². The molecule has 6 nitrogen and oxygen atoms in total. The molecule has 0 saturated carbocycles. The summed E-state index contributed by atoms with van der Waals surface area (Å²) in [4.78, 5) is 20.3. The summed E-state index contributed by atoms with van der Waals surface area (Å²) in [5.74, 6) is 0.644. The number of carbonyl (C=O) groups excluding carboxylic acids is 1. The summed E-state index contributed by atoms with van der Waals surface area (Å²) in [7, 11) is 0. The number of aryl methyl sites for hydroxylation is 1. The van der Waals surface area contributed by atoms with Crippen LogP contribution in [0.2, 0.25) is 0 Å².